The molecule has 60 valence electrons. The molecule has 0 aliphatic heterocycles. The third-order valence-corrected chi connectivity index (χ3v) is 2.06. The molecule has 0 bridgehead atoms. The predicted octanol–water partition coefficient (Wildman–Crippen LogP) is 2.90. The van der Waals surface area contributed by atoms with Crippen molar-refractivity contribution in [2.45, 2.75) is 0 Å². The fourth-order valence-corrected chi connectivity index (χ4v) is 1.35. The Balaban J connectivity index is 2.87. The summed E-state index contributed by atoms with van der Waals surface area (Å²) in [6.45, 7) is 0. The minimum atomic E-state index is 0.192. The topological polar surface area (TPSA) is 30.2 Å². The number of carbonyl (C=O) groups excluding carboxylic acids is 1. The zero-order chi connectivity index (χ0) is 8.55. The van der Waals surface area contributed by atoms with Crippen LogP contribution >= 0.6 is 11.6 Å². The summed E-state index contributed by atoms with van der Waals surface area (Å²) in [5.41, 5.74) is 0.643. The number of rotatable bonds is 1. The zero-order valence-electron chi connectivity index (χ0n) is 6.08. The van der Waals surface area contributed by atoms with Crippen LogP contribution in [0.3, 0.4) is 0 Å². The van der Waals surface area contributed by atoms with Crippen LogP contribution in [0, 0.1) is 0 Å². The summed E-state index contributed by atoms with van der Waals surface area (Å²) in [7, 11) is 0. The normalized spacial score (nSPS) is 10.4. The fraction of sp³-hybridized carbons (Fsp3) is 0. The number of benzene rings is 1. The Kier molecular flexibility index (Phi) is 1.62. The van der Waals surface area contributed by atoms with E-state index in [1.54, 1.807) is 6.07 Å². The first-order valence-corrected chi connectivity index (χ1v) is 3.83. The smallest absolute Gasteiger partial charge is 0.186 e. The molecule has 0 spiro atoms. The largest absolute Gasteiger partial charge is 0.452 e. The van der Waals surface area contributed by atoms with Crippen LogP contribution in [-0.4, -0.2) is 6.29 Å². The molecule has 0 atom stereocenters. The second-order valence-electron chi connectivity index (χ2n) is 2.39. The molecule has 1 aromatic carbocycles. The van der Waals surface area contributed by atoms with Crippen LogP contribution in [0.4, 0.5) is 0 Å². The molecule has 0 N–H and O–H groups in total. The first-order chi connectivity index (χ1) is 5.83. The highest BCUT2D eigenvalue weighted by molar-refractivity contribution is 6.37. The van der Waals surface area contributed by atoms with Crippen molar-refractivity contribution in [2.24, 2.45) is 0 Å². The molecule has 0 fully saturated rings. The van der Waals surface area contributed by atoms with E-state index >= 15 is 0 Å². The Bertz CT molecular complexity index is 431. The fourth-order valence-electron chi connectivity index (χ4n) is 1.11. The van der Waals surface area contributed by atoms with E-state index in [9.17, 15) is 4.79 Å². The van der Waals surface area contributed by atoms with Crippen molar-refractivity contribution >= 4 is 28.9 Å². The standard InChI is InChI=1S/C9H5ClO2/c10-9-6-3-1-2-4-7(6)12-8(9)5-11/h1-5H. The van der Waals surface area contributed by atoms with Crippen molar-refractivity contribution in [3.05, 3.63) is 35.0 Å². The number of aldehydes is 1. The molecule has 0 saturated carbocycles. The van der Waals surface area contributed by atoms with Gasteiger partial charge in [-0.1, -0.05) is 23.7 Å². The third-order valence-electron chi connectivity index (χ3n) is 1.67. The molecular formula is C9H5ClO2. The minimum Gasteiger partial charge on any atom is -0.452 e. The van der Waals surface area contributed by atoms with Gasteiger partial charge < -0.3 is 4.42 Å². The molecular weight excluding hydrogens is 176 g/mol. The molecule has 0 radical (unpaired) electrons. The van der Waals surface area contributed by atoms with E-state index in [0.717, 1.165) is 5.39 Å². The van der Waals surface area contributed by atoms with Crippen LogP contribution in [0.25, 0.3) is 11.0 Å². The molecule has 3 heteroatoms. The highest BCUT2D eigenvalue weighted by atomic mass is 35.5. The van der Waals surface area contributed by atoms with Crippen molar-refractivity contribution in [3.8, 4) is 0 Å². The number of hydrogen-bond acceptors (Lipinski definition) is 2. The summed E-state index contributed by atoms with van der Waals surface area (Å²) in [4.78, 5) is 10.4. The van der Waals surface area contributed by atoms with Crippen LogP contribution < -0.4 is 0 Å². The summed E-state index contributed by atoms with van der Waals surface area (Å²) in [5, 5.41) is 1.17. The van der Waals surface area contributed by atoms with Gasteiger partial charge in [-0.05, 0) is 12.1 Å². The van der Waals surface area contributed by atoms with Crippen molar-refractivity contribution < 1.29 is 9.21 Å². The molecule has 0 unspecified atom stereocenters. The number of furan rings is 1. The first kappa shape index (κ1) is 7.37. The van der Waals surface area contributed by atoms with Gasteiger partial charge in [0.2, 0.25) is 0 Å². The Morgan fingerprint density at radius 1 is 1.33 bits per heavy atom. The van der Waals surface area contributed by atoms with Gasteiger partial charge in [0, 0.05) is 5.39 Å². The summed E-state index contributed by atoms with van der Waals surface area (Å²) in [6, 6.07) is 7.26. The first-order valence-electron chi connectivity index (χ1n) is 3.45. The van der Waals surface area contributed by atoms with Crippen molar-refractivity contribution in [3.63, 3.8) is 0 Å². The third kappa shape index (κ3) is 0.924. The van der Waals surface area contributed by atoms with Crippen molar-refractivity contribution in [2.75, 3.05) is 0 Å². The number of hydrogen-bond donors (Lipinski definition) is 0. The highest BCUT2D eigenvalue weighted by Crippen LogP contribution is 2.28. The van der Waals surface area contributed by atoms with Gasteiger partial charge in [0.15, 0.2) is 12.0 Å². The van der Waals surface area contributed by atoms with Gasteiger partial charge in [0.1, 0.15) is 5.58 Å². The van der Waals surface area contributed by atoms with Gasteiger partial charge in [-0.2, -0.15) is 0 Å². The van der Waals surface area contributed by atoms with Crippen LogP contribution in [0.15, 0.2) is 28.7 Å². The average Bonchev–Trinajstić information content (AvgIpc) is 2.44. The van der Waals surface area contributed by atoms with Gasteiger partial charge in [0.05, 0.1) is 5.02 Å². The number of carbonyl (C=O) groups is 1. The molecule has 2 aromatic rings. The van der Waals surface area contributed by atoms with Crippen LogP contribution in [0.5, 0.6) is 0 Å². The molecule has 0 amide bonds. The van der Waals surface area contributed by atoms with Crippen molar-refractivity contribution in [1.82, 2.24) is 0 Å². The van der Waals surface area contributed by atoms with E-state index < -0.39 is 0 Å². The van der Waals surface area contributed by atoms with Crippen LogP contribution in [-0.2, 0) is 0 Å². The Morgan fingerprint density at radius 2 is 2.08 bits per heavy atom. The summed E-state index contributed by atoms with van der Waals surface area (Å²) in [5.74, 6) is 0.192. The Hall–Kier alpha value is -1.28. The van der Waals surface area contributed by atoms with E-state index in [-0.39, 0.29) is 5.76 Å². The van der Waals surface area contributed by atoms with Crippen LogP contribution in [0.1, 0.15) is 10.6 Å². The van der Waals surface area contributed by atoms with E-state index in [2.05, 4.69) is 0 Å². The molecule has 0 saturated heterocycles. The number of para-hydroxylation sites is 1. The van der Waals surface area contributed by atoms with E-state index in [4.69, 9.17) is 16.0 Å². The molecule has 0 aliphatic rings. The molecule has 2 rings (SSSR count). The monoisotopic (exact) mass is 180 g/mol. The zero-order valence-corrected chi connectivity index (χ0v) is 6.84. The summed E-state index contributed by atoms with van der Waals surface area (Å²) in [6.07, 6.45) is 0.613. The lowest BCUT2D eigenvalue weighted by Crippen LogP contribution is -1.70. The van der Waals surface area contributed by atoms with Crippen molar-refractivity contribution in [1.29, 1.82) is 0 Å². The van der Waals surface area contributed by atoms with Crippen LogP contribution in [0.2, 0.25) is 5.02 Å². The second-order valence-corrected chi connectivity index (χ2v) is 2.77. The second kappa shape index (κ2) is 2.64. The maximum atomic E-state index is 10.4. The predicted molar refractivity (Wildman–Crippen MR) is 46.6 cm³/mol. The van der Waals surface area contributed by atoms with Gasteiger partial charge in [-0.15, -0.1) is 0 Å². The maximum absolute atomic E-state index is 10.4. The van der Waals surface area contributed by atoms with Gasteiger partial charge in [0.25, 0.3) is 0 Å². The lowest BCUT2D eigenvalue weighted by molar-refractivity contribution is 0.110. The highest BCUT2D eigenvalue weighted by Gasteiger charge is 2.09. The van der Waals surface area contributed by atoms with Gasteiger partial charge in [-0.25, -0.2) is 0 Å². The van der Waals surface area contributed by atoms with Gasteiger partial charge in [-0.3, -0.25) is 4.79 Å². The lowest BCUT2D eigenvalue weighted by atomic mass is 10.2. The number of halogens is 1. The quantitative estimate of drug-likeness (QED) is 0.632. The number of fused-ring (bicyclic) bond motifs is 1. The Morgan fingerprint density at radius 3 is 2.75 bits per heavy atom. The minimum absolute atomic E-state index is 0.192. The molecule has 1 heterocycles. The SMILES string of the molecule is O=Cc1oc2ccccc2c1Cl. The summed E-state index contributed by atoms with van der Waals surface area (Å²) < 4.78 is 5.15. The molecule has 12 heavy (non-hydrogen) atoms. The molecule has 0 aliphatic carbocycles. The molecule has 1 aromatic heterocycles. The average molecular weight is 181 g/mol. The molecule has 2 nitrogen and oxygen atoms in total. The van der Waals surface area contributed by atoms with Gasteiger partial charge >= 0.3 is 0 Å². The van der Waals surface area contributed by atoms with E-state index in [0.29, 0.717) is 16.9 Å². The Labute approximate surface area is 73.7 Å². The van der Waals surface area contributed by atoms with E-state index in [1.165, 1.54) is 0 Å². The van der Waals surface area contributed by atoms with E-state index in [1.807, 2.05) is 18.2 Å². The maximum Gasteiger partial charge on any atom is 0.186 e. The lowest BCUT2D eigenvalue weighted by Gasteiger charge is -1.83. The summed E-state index contributed by atoms with van der Waals surface area (Å²) >= 11 is 5.83.